The molecule has 1 rings (SSSR count). The van der Waals surface area contributed by atoms with Crippen LogP contribution in [-0.4, -0.2) is 19.7 Å². The van der Waals surface area contributed by atoms with Crippen LogP contribution in [0.1, 0.15) is 31.7 Å². The van der Waals surface area contributed by atoms with Crippen LogP contribution in [0.25, 0.3) is 0 Å². The predicted molar refractivity (Wildman–Crippen MR) is 94.6 cm³/mol. The Kier molecular flexibility index (Phi) is 10.0. The normalized spacial score (nSPS) is 11.6. The molecular weight excluding hydrogens is 288 g/mol. The molecule has 1 aromatic carbocycles. The van der Waals surface area contributed by atoms with Crippen LogP contribution in [0.3, 0.4) is 0 Å². The van der Waals surface area contributed by atoms with Gasteiger partial charge in [0.25, 0.3) is 0 Å². The summed E-state index contributed by atoms with van der Waals surface area (Å²) in [7, 11) is 1.68. The van der Waals surface area contributed by atoms with Crippen molar-refractivity contribution in [2.45, 2.75) is 32.6 Å². The molecule has 0 spiro atoms. The zero-order chi connectivity index (χ0) is 16.8. The van der Waals surface area contributed by atoms with Crippen molar-refractivity contribution in [1.29, 1.82) is 0 Å². The molecule has 0 aliphatic rings. The number of unbranched alkanes of at least 4 members (excludes halogenated alkanes) is 2. The topological polar surface area (TPSA) is 35.5 Å². The maximum atomic E-state index is 11.0. The summed E-state index contributed by atoms with van der Waals surface area (Å²) in [5, 5.41) is 0. The predicted octanol–water partition coefficient (Wildman–Crippen LogP) is 4.64. The lowest BCUT2D eigenvalue weighted by molar-refractivity contribution is -0.137. The van der Waals surface area contributed by atoms with Gasteiger partial charge in [-0.3, -0.25) is 0 Å². The Morgan fingerprint density at radius 2 is 1.78 bits per heavy atom. The highest BCUT2D eigenvalue weighted by atomic mass is 16.5. The number of hydrogen-bond donors (Lipinski definition) is 0. The Bertz CT molecular complexity index is 524. The molecule has 0 aliphatic heterocycles. The summed E-state index contributed by atoms with van der Waals surface area (Å²) in [6.07, 6.45) is 15.6. The second-order valence-electron chi connectivity index (χ2n) is 4.99. The molecule has 0 unspecified atom stereocenters. The fraction of sp³-hybridized carbons (Fsp3) is 0.350. The first-order valence-electron chi connectivity index (χ1n) is 8.04. The third kappa shape index (κ3) is 9.35. The molecule has 0 saturated carbocycles. The van der Waals surface area contributed by atoms with Gasteiger partial charge in [0.2, 0.25) is 0 Å². The number of benzene rings is 1. The molecule has 0 saturated heterocycles. The van der Waals surface area contributed by atoms with Crippen LogP contribution in [0.15, 0.2) is 60.7 Å². The second-order valence-corrected chi connectivity index (χ2v) is 4.99. The quantitative estimate of drug-likeness (QED) is 0.207. The van der Waals surface area contributed by atoms with E-state index in [1.54, 1.807) is 20.1 Å². The Morgan fingerprint density at radius 1 is 1.04 bits per heavy atom. The first-order valence-corrected chi connectivity index (χ1v) is 8.04. The SMILES string of the molecule is CCOC(=O)/C=C/C=C/CCC/C=C/Cc1ccc(OC)cc1. The summed E-state index contributed by atoms with van der Waals surface area (Å²) in [5.74, 6) is 0.597. The lowest BCUT2D eigenvalue weighted by Gasteiger charge is -2.00. The van der Waals surface area contributed by atoms with Crippen LogP contribution in [0.5, 0.6) is 5.75 Å². The average Bonchev–Trinajstić information content (AvgIpc) is 2.57. The first kappa shape index (κ1) is 18.8. The zero-order valence-electron chi connectivity index (χ0n) is 14.0. The smallest absolute Gasteiger partial charge is 0.330 e. The van der Waals surface area contributed by atoms with Crippen LogP contribution in [-0.2, 0) is 16.0 Å². The number of esters is 1. The molecule has 3 heteroatoms. The van der Waals surface area contributed by atoms with E-state index in [9.17, 15) is 4.79 Å². The van der Waals surface area contributed by atoms with Gasteiger partial charge in [-0.25, -0.2) is 4.79 Å². The van der Waals surface area contributed by atoms with Gasteiger partial charge in [0, 0.05) is 6.08 Å². The number of methoxy groups -OCH3 is 1. The molecule has 0 bridgehead atoms. The van der Waals surface area contributed by atoms with E-state index >= 15 is 0 Å². The molecule has 0 radical (unpaired) electrons. The van der Waals surface area contributed by atoms with Gasteiger partial charge >= 0.3 is 5.97 Å². The molecule has 0 amide bonds. The van der Waals surface area contributed by atoms with Crippen molar-refractivity contribution < 1.29 is 14.3 Å². The Labute approximate surface area is 139 Å². The average molecular weight is 314 g/mol. The summed E-state index contributed by atoms with van der Waals surface area (Å²) in [6.45, 7) is 2.21. The number of ether oxygens (including phenoxy) is 2. The van der Waals surface area contributed by atoms with Crippen molar-refractivity contribution >= 4 is 5.97 Å². The zero-order valence-corrected chi connectivity index (χ0v) is 14.0. The van der Waals surface area contributed by atoms with Crippen molar-refractivity contribution in [1.82, 2.24) is 0 Å². The maximum absolute atomic E-state index is 11.0. The van der Waals surface area contributed by atoms with Crippen LogP contribution in [0, 0.1) is 0 Å². The van der Waals surface area contributed by atoms with Crippen LogP contribution in [0.2, 0.25) is 0 Å². The Hall–Kier alpha value is -2.29. The van der Waals surface area contributed by atoms with Crippen LogP contribution >= 0.6 is 0 Å². The molecule has 0 fully saturated rings. The van der Waals surface area contributed by atoms with E-state index in [0.717, 1.165) is 31.4 Å². The highest BCUT2D eigenvalue weighted by Gasteiger charge is 1.92. The summed E-state index contributed by atoms with van der Waals surface area (Å²) >= 11 is 0. The maximum Gasteiger partial charge on any atom is 0.330 e. The highest BCUT2D eigenvalue weighted by Crippen LogP contribution is 2.12. The molecule has 0 heterocycles. The number of rotatable bonds is 10. The van der Waals surface area contributed by atoms with Crippen molar-refractivity contribution in [3.63, 3.8) is 0 Å². The van der Waals surface area contributed by atoms with E-state index in [2.05, 4.69) is 30.4 Å². The number of carbonyl (C=O) groups is 1. The van der Waals surface area contributed by atoms with Gasteiger partial charge in [0.15, 0.2) is 0 Å². The van der Waals surface area contributed by atoms with Gasteiger partial charge < -0.3 is 9.47 Å². The van der Waals surface area contributed by atoms with Gasteiger partial charge in [0.1, 0.15) is 5.75 Å². The van der Waals surface area contributed by atoms with E-state index in [4.69, 9.17) is 9.47 Å². The molecular formula is C20H26O3. The van der Waals surface area contributed by atoms with E-state index in [-0.39, 0.29) is 5.97 Å². The van der Waals surface area contributed by atoms with Gasteiger partial charge in [0.05, 0.1) is 13.7 Å². The summed E-state index contributed by atoms with van der Waals surface area (Å²) in [4.78, 5) is 11.0. The van der Waals surface area contributed by atoms with Crippen molar-refractivity contribution in [3.05, 3.63) is 66.3 Å². The summed E-state index contributed by atoms with van der Waals surface area (Å²) in [5.41, 5.74) is 1.28. The van der Waals surface area contributed by atoms with E-state index in [1.165, 1.54) is 11.6 Å². The third-order valence-corrected chi connectivity index (χ3v) is 3.19. The summed E-state index contributed by atoms with van der Waals surface area (Å²) in [6, 6.07) is 8.14. The van der Waals surface area contributed by atoms with Gasteiger partial charge in [-0.15, -0.1) is 0 Å². The minimum Gasteiger partial charge on any atom is -0.497 e. The lowest BCUT2D eigenvalue weighted by Crippen LogP contribution is -1.98. The highest BCUT2D eigenvalue weighted by molar-refractivity contribution is 5.82. The Morgan fingerprint density at radius 3 is 2.48 bits per heavy atom. The Balaban J connectivity index is 2.11. The minimum absolute atomic E-state index is 0.293. The van der Waals surface area contributed by atoms with Gasteiger partial charge in [-0.05, 0) is 50.3 Å². The molecule has 0 atom stereocenters. The fourth-order valence-corrected chi connectivity index (χ4v) is 1.95. The van der Waals surface area contributed by atoms with Gasteiger partial charge in [-0.2, -0.15) is 0 Å². The molecule has 0 aliphatic carbocycles. The molecule has 0 aromatic heterocycles. The first-order chi connectivity index (χ1) is 11.3. The van der Waals surface area contributed by atoms with Gasteiger partial charge in [-0.1, -0.05) is 42.5 Å². The third-order valence-electron chi connectivity index (χ3n) is 3.19. The minimum atomic E-state index is -0.293. The van der Waals surface area contributed by atoms with Crippen LogP contribution in [0.4, 0.5) is 0 Å². The number of hydrogen-bond acceptors (Lipinski definition) is 3. The molecule has 23 heavy (non-hydrogen) atoms. The van der Waals surface area contributed by atoms with E-state index in [0.29, 0.717) is 6.61 Å². The van der Waals surface area contributed by atoms with Crippen LogP contribution < -0.4 is 4.74 Å². The van der Waals surface area contributed by atoms with Crippen molar-refractivity contribution in [3.8, 4) is 5.75 Å². The second kappa shape index (κ2) is 12.3. The van der Waals surface area contributed by atoms with Crippen molar-refractivity contribution in [2.24, 2.45) is 0 Å². The summed E-state index contributed by atoms with van der Waals surface area (Å²) < 4.78 is 9.92. The monoisotopic (exact) mass is 314 g/mol. The fourth-order valence-electron chi connectivity index (χ4n) is 1.95. The number of allylic oxidation sites excluding steroid dienone is 5. The molecule has 0 N–H and O–H groups in total. The largest absolute Gasteiger partial charge is 0.497 e. The van der Waals surface area contributed by atoms with Crippen molar-refractivity contribution in [2.75, 3.05) is 13.7 Å². The molecule has 1 aromatic rings. The van der Waals surface area contributed by atoms with E-state index in [1.807, 2.05) is 18.2 Å². The standard InChI is InChI=1S/C20H26O3/c1-3-23-20(21)13-11-9-7-5-4-6-8-10-12-18-14-16-19(22-2)17-15-18/h7-11,13-17H,3-6,12H2,1-2H3/b9-7+,10-8+,13-11+. The lowest BCUT2D eigenvalue weighted by atomic mass is 10.1. The molecule has 3 nitrogen and oxygen atoms in total. The number of carbonyl (C=O) groups excluding carboxylic acids is 1. The molecule has 124 valence electrons. The van der Waals surface area contributed by atoms with E-state index < -0.39 is 0 Å².